The van der Waals surface area contributed by atoms with Gasteiger partial charge in [-0.15, -0.1) is 0 Å². The van der Waals surface area contributed by atoms with E-state index in [1.165, 1.54) is 12.1 Å². The summed E-state index contributed by atoms with van der Waals surface area (Å²) in [6.45, 7) is 1.82. The van der Waals surface area contributed by atoms with Crippen molar-refractivity contribution in [1.29, 1.82) is 0 Å². The molecule has 3 rings (SSSR count). The fourth-order valence-electron chi connectivity index (χ4n) is 2.36. The molecular formula is C18H13BrFNO4. The van der Waals surface area contributed by atoms with Crippen LogP contribution in [0.1, 0.15) is 27.8 Å². The molecule has 128 valence electrons. The van der Waals surface area contributed by atoms with Crippen LogP contribution >= 0.6 is 15.9 Å². The van der Waals surface area contributed by atoms with Crippen LogP contribution < -0.4 is 5.32 Å². The molecule has 0 aliphatic rings. The number of rotatable bonds is 4. The third kappa shape index (κ3) is 3.41. The maximum Gasteiger partial charge on any atom is 0.376 e. The van der Waals surface area contributed by atoms with Gasteiger partial charge >= 0.3 is 5.97 Å². The molecule has 0 radical (unpaired) electrons. The molecule has 0 saturated carbocycles. The number of carbonyl (C=O) groups is 2. The van der Waals surface area contributed by atoms with Gasteiger partial charge in [0.1, 0.15) is 17.1 Å². The van der Waals surface area contributed by atoms with Crippen molar-refractivity contribution in [2.24, 2.45) is 0 Å². The fourth-order valence-corrected chi connectivity index (χ4v) is 2.70. The predicted octanol–water partition coefficient (Wildman–Crippen LogP) is 4.76. The number of amides is 1. The van der Waals surface area contributed by atoms with E-state index in [1.54, 1.807) is 37.3 Å². The summed E-state index contributed by atoms with van der Waals surface area (Å²) >= 11 is 3.14. The van der Waals surface area contributed by atoms with Crippen LogP contribution in [0.2, 0.25) is 0 Å². The highest BCUT2D eigenvalue weighted by Gasteiger charge is 2.24. The lowest BCUT2D eigenvalue weighted by atomic mass is 10.1. The van der Waals surface area contributed by atoms with E-state index in [2.05, 4.69) is 21.2 Å². The quantitative estimate of drug-likeness (QED) is 0.635. The number of hydrogen-bond acceptors (Lipinski definition) is 4. The highest BCUT2D eigenvalue weighted by molar-refractivity contribution is 9.10. The Bertz CT molecular complexity index is 967. The Hall–Kier alpha value is -2.67. The van der Waals surface area contributed by atoms with Gasteiger partial charge in [0.05, 0.1) is 12.2 Å². The van der Waals surface area contributed by atoms with Gasteiger partial charge in [-0.25, -0.2) is 9.18 Å². The summed E-state index contributed by atoms with van der Waals surface area (Å²) in [7, 11) is 0. The molecular weight excluding hydrogens is 393 g/mol. The van der Waals surface area contributed by atoms with Gasteiger partial charge in [0.2, 0.25) is 5.76 Å². The lowest BCUT2D eigenvalue weighted by Gasteiger charge is -2.07. The summed E-state index contributed by atoms with van der Waals surface area (Å²) in [4.78, 5) is 24.6. The zero-order valence-corrected chi connectivity index (χ0v) is 14.7. The number of halogens is 2. The molecule has 1 aromatic heterocycles. The van der Waals surface area contributed by atoms with Crippen molar-refractivity contribution in [1.82, 2.24) is 0 Å². The number of anilines is 1. The van der Waals surface area contributed by atoms with Gasteiger partial charge in [-0.05, 0) is 37.3 Å². The minimum Gasteiger partial charge on any atom is -0.460 e. The molecule has 0 aliphatic heterocycles. The Morgan fingerprint density at radius 3 is 2.72 bits per heavy atom. The average molecular weight is 406 g/mol. The maximum atomic E-state index is 14.0. The SMILES string of the molecule is CCOC(=O)c1oc2ccccc2c1NC(=O)c1ccc(Br)cc1F. The molecule has 0 fully saturated rings. The maximum absolute atomic E-state index is 14.0. The molecule has 0 aliphatic carbocycles. The van der Waals surface area contributed by atoms with E-state index in [9.17, 15) is 14.0 Å². The number of benzene rings is 2. The molecule has 1 heterocycles. The molecule has 7 heteroatoms. The van der Waals surface area contributed by atoms with E-state index in [-0.39, 0.29) is 23.6 Å². The molecule has 0 atom stereocenters. The minimum absolute atomic E-state index is 0.131. The number of furan rings is 1. The summed E-state index contributed by atoms with van der Waals surface area (Å²) in [5, 5.41) is 3.09. The van der Waals surface area contributed by atoms with Crippen LogP contribution in [0, 0.1) is 5.82 Å². The summed E-state index contributed by atoms with van der Waals surface area (Å²) in [6.07, 6.45) is 0. The van der Waals surface area contributed by atoms with Crippen LogP contribution in [0.5, 0.6) is 0 Å². The van der Waals surface area contributed by atoms with Gasteiger partial charge in [-0.2, -0.15) is 0 Å². The van der Waals surface area contributed by atoms with Crippen molar-refractivity contribution >= 4 is 44.5 Å². The van der Waals surface area contributed by atoms with Gasteiger partial charge in [-0.1, -0.05) is 28.1 Å². The highest BCUT2D eigenvalue weighted by Crippen LogP contribution is 2.32. The number of para-hydroxylation sites is 1. The summed E-state index contributed by atoms with van der Waals surface area (Å²) in [6, 6.07) is 10.9. The summed E-state index contributed by atoms with van der Waals surface area (Å²) in [5.41, 5.74) is 0.418. The van der Waals surface area contributed by atoms with Gasteiger partial charge in [0, 0.05) is 9.86 Å². The third-order valence-electron chi connectivity index (χ3n) is 3.47. The standard InChI is InChI=1S/C18H13BrFNO4/c1-2-24-18(23)16-15(12-5-3-4-6-14(12)25-16)21-17(22)11-8-7-10(19)9-13(11)20/h3-9H,2H2,1H3,(H,21,22). The van der Waals surface area contributed by atoms with Crippen LogP contribution in [0.15, 0.2) is 51.4 Å². The molecule has 1 N–H and O–H groups in total. The normalized spacial score (nSPS) is 10.7. The summed E-state index contributed by atoms with van der Waals surface area (Å²) < 4.78 is 25.0. The van der Waals surface area contributed by atoms with E-state index in [0.29, 0.717) is 15.4 Å². The van der Waals surface area contributed by atoms with Crippen LogP contribution in [-0.2, 0) is 4.74 Å². The first-order chi connectivity index (χ1) is 12.0. The monoisotopic (exact) mass is 405 g/mol. The topological polar surface area (TPSA) is 68.5 Å². The number of nitrogens with one attached hydrogen (secondary N) is 1. The predicted molar refractivity (Wildman–Crippen MR) is 94.2 cm³/mol. The number of ether oxygens (including phenoxy) is 1. The molecule has 3 aromatic rings. The Kier molecular flexibility index (Phi) is 4.85. The van der Waals surface area contributed by atoms with E-state index in [1.807, 2.05) is 0 Å². The highest BCUT2D eigenvalue weighted by atomic mass is 79.9. The van der Waals surface area contributed by atoms with Crippen LogP contribution in [0.25, 0.3) is 11.0 Å². The number of fused-ring (bicyclic) bond motifs is 1. The molecule has 1 amide bonds. The summed E-state index contributed by atoms with van der Waals surface area (Å²) in [5.74, 6) is -2.21. The second-order valence-electron chi connectivity index (χ2n) is 5.10. The molecule has 0 spiro atoms. The lowest BCUT2D eigenvalue weighted by Crippen LogP contribution is -2.16. The van der Waals surface area contributed by atoms with Crippen LogP contribution in [0.4, 0.5) is 10.1 Å². The Labute approximate surface area is 150 Å². The van der Waals surface area contributed by atoms with Crippen LogP contribution in [-0.4, -0.2) is 18.5 Å². The molecule has 0 saturated heterocycles. The van der Waals surface area contributed by atoms with Crippen molar-refractivity contribution in [3.05, 3.63) is 64.1 Å². The molecule has 0 unspecified atom stereocenters. The zero-order chi connectivity index (χ0) is 18.0. The number of esters is 1. The van der Waals surface area contributed by atoms with E-state index in [4.69, 9.17) is 9.15 Å². The van der Waals surface area contributed by atoms with E-state index >= 15 is 0 Å². The minimum atomic E-state index is -0.703. The Morgan fingerprint density at radius 1 is 1.24 bits per heavy atom. The Morgan fingerprint density at radius 2 is 2.00 bits per heavy atom. The number of hydrogen-bond donors (Lipinski definition) is 1. The van der Waals surface area contributed by atoms with E-state index < -0.39 is 17.7 Å². The van der Waals surface area contributed by atoms with Gasteiger partial charge in [0.15, 0.2) is 0 Å². The van der Waals surface area contributed by atoms with Crippen molar-refractivity contribution in [2.75, 3.05) is 11.9 Å². The van der Waals surface area contributed by atoms with Crippen molar-refractivity contribution < 1.29 is 23.1 Å². The second kappa shape index (κ2) is 7.06. The lowest BCUT2D eigenvalue weighted by molar-refractivity contribution is 0.0494. The first-order valence-electron chi connectivity index (χ1n) is 7.46. The largest absolute Gasteiger partial charge is 0.460 e. The average Bonchev–Trinajstić information content (AvgIpc) is 2.94. The third-order valence-corrected chi connectivity index (χ3v) is 3.96. The van der Waals surface area contributed by atoms with Crippen molar-refractivity contribution in [3.63, 3.8) is 0 Å². The zero-order valence-electron chi connectivity index (χ0n) is 13.1. The molecule has 0 bridgehead atoms. The van der Waals surface area contributed by atoms with Gasteiger partial charge in [-0.3, -0.25) is 4.79 Å². The van der Waals surface area contributed by atoms with Crippen molar-refractivity contribution in [2.45, 2.75) is 6.92 Å². The molecule has 5 nitrogen and oxygen atoms in total. The number of carbonyl (C=O) groups excluding carboxylic acids is 2. The molecule has 2 aromatic carbocycles. The van der Waals surface area contributed by atoms with Crippen LogP contribution in [0.3, 0.4) is 0 Å². The second-order valence-corrected chi connectivity index (χ2v) is 6.02. The van der Waals surface area contributed by atoms with E-state index in [0.717, 1.165) is 0 Å². The fraction of sp³-hybridized carbons (Fsp3) is 0.111. The van der Waals surface area contributed by atoms with Crippen molar-refractivity contribution in [3.8, 4) is 0 Å². The Balaban J connectivity index is 2.03. The van der Waals surface area contributed by atoms with Gasteiger partial charge < -0.3 is 14.5 Å². The first kappa shape index (κ1) is 17.2. The first-order valence-corrected chi connectivity index (χ1v) is 8.25. The molecule has 25 heavy (non-hydrogen) atoms. The smallest absolute Gasteiger partial charge is 0.376 e. The van der Waals surface area contributed by atoms with Gasteiger partial charge in [0.25, 0.3) is 5.91 Å².